The number of ether oxygens (including phenoxy) is 1. The number of methoxy groups -OCH3 is 1. The third-order valence-electron chi connectivity index (χ3n) is 2.45. The maximum absolute atomic E-state index is 11.8. The van der Waals surface area contributed by atoms with Gasteiger partial charge in [0.2, 0.25) is 5.78 Å². The number of nitrogens with zero attached hydrogens (tertiary/aromatic N) is 1. The molecule has 4 heteroatoms. The Balaban J connectivity index is 2.56. The fraction of sp³-hybridized carbons (Fsp3) is 0.333. The minimum atomic E-state index is -0.0634. The van der Waals surface area contributed by atoms with Gasteiger partial charge in [-0.3, -0.25) is 4.79 Å². The standard InChI is InChI=1S/C12H14N2O2/c1-7(2)11(15)12-13-8-5-4-6-9(16-3)10(8)14-12/h4-7H,1-3H3,(H,13,14). The van der Waals surface area contributed by atoms with Gasteiger partial charge in [0, 0.05) is 5.92 Å². The van der Waals surface area contributed by atoms with Gasteiger partial charge < -0.3 is 9.72 Å². The number of aromatic amines is 1. The lowest BCUT2D eigenvalue weighted by atomic mass is 10.1. The third-order valence-corrected chi connectivity index (χ3v) is 2.45. The van der Waals surface area contributed by atoms with Crippen molar-refractivity contribution in [2.75, 3.05) is 7.11 Å². The van der Waals surface area contributed by atoms with Crippen molar-refractivity contribution in [1.29, 1.82) is 0 Å². The minimum absolute atomic E-state index is 0.0123. The molecule has 0 saturated carbocycles. The maximum Gasteiger partial charge on any atom is 0.200 e. The van der Waals surface area contributed by atoms with Gasteiger partial charge in [-0.1, -0.05) is 19.9 Å². The number of hydrogen-bond acceptors (Lipinski definition) is 3. The van der Waals surface area contributed by atoms with E-state index in [2.05, 4.69) is 9.97 Å². The van der Waals surface area contributed by atoms with E-state index in [0.29, 0.717) is 17.1 Å². The average molecular weight is 218 g/mol. The Morgan fingerprint density at radius 2 is 2.19 bits per heavy atom. The Labute approximate surface area is 93.6 Å². The number of Topliss-reactive ketones (excluding diaryl/α,β-unsaturated/α-hetero) is 1. The average Bonchev–Trinajstić information content (AvgIpc) is 2.70. The zero-order valence-corrected chi connectivity index (χ0v) is 9.57. The fourth-order valence-corrected chi connectivity index (χ4v) is 1.56. The van der Waals surface area contributed by atoms with Crippen molar-refractivity contribution < 1.29 is 9.53 Å². The third kappa shape index (κ3) is 1.66. The van der Waals surface area contributed by atoms with Crippen LogP contribution < -0.4 is 4.74 Å². The van der Waals surface area contributed by atoms with Crippen LogP contribution in [0.4, 0.5) is 0 Å². The Morgan fingerprint density at radius 1 is 1.44 bits per heavy atom. The molecule has 0 amide bonds. The number of nitrogens with one attached hydrogen (secondary N) is 1. The molecule has 0 saturated heterocycles. The van der Waals surface area contributed by atoms with Crippen LogP contribution in [0.2, 0.25) is 0 Å². The van der Waals surface area contributed by atoms with Crippen LogP contribution in [0.25, 0.3) is 11.0 Å². The van der Waals surface area contributed by atoms with E-state index >= 15 is 0 Å². The van der Waals surface area contributed by atoms with Gasteiger partial charge in [0.1, 0.15) is 11.3 Å². The molecule has 1 aromatic heterocycles. The molecule has 16 heavy (non-hydrogen) atoms. The summed E-state index contributed by atoms with van der Waals surface area (Å²) in [6, 6.07) is 5.57. The van der Waals surface area contributed by atoms with E-state index in [1.165, 1.54) is 0 Å². The summed E-state index contributed by atoms with van der Waals surface area (Å²) >= 11 is 0. The molecule has 2 rings (SSSR count). The molecular formula is C12H14N2O2. The predicted octanol–water partition coefficient (Wildman–Crippen LogP) is 2.41. The molecule has 0 aliphatic carbocycles. The number of hydrogen-bond donors (Lipinski definition) is 1. The van der Waals surface area contributed by atoms with E-state index in [9.17, 15) is 4.79 Å². The molecule has 2 aromatic rings. The zero-order valence-electron chi connectivity index (χ0n) is 9.57. The number of rotatable bonds is 3. The molecule has 0 aliphatic heterocycles. The normalized spacial score (nSPS) is 11.0. The van der Waals surface area contributed by atoms with Gasteiger partial charge in [0.05, 0.1) is 12.6 Å². The minimum Gasteiger partial charge on any atom is -0.494 e. The van der Waals surface area contributed by atoms with Gasteiger partial charge in [0.15, 0.2) is 5.82 Å². The summed E-state index contributed by atoms with van der Waals surface area (Å²) in [4.78, 5) is 19.1. The Morgan fingerprint density at radius 3 is 2.81 bits per heavy atom. The second kappa shape index (κ2) is 3.96. The van der Waals surface area contributed by atoms with Gasteiger partial charge in [-0.15, -0.1) is 0 Å². The first-order chi connectivity index (χ1) is 7.63. The second-order valence-electron chi connectivity index (χ2n) is 3.96. The monoisotopic (exact) mass is 218 g/mol. The number of ketones is 1. The summed E-state index contributed by atoms with van der Waals surface area (Å²) in [5.74, 6) is 1.02. The summed E-state index contributed by atoms with van der Waals surface area (Å²) in [6.07, 6.45) is 0. The smallest absolute Gasteiger partial charge is 0.200 e. The highest BCUT2D eigenvalue weighted by Crippen LogP contribution is 2.23. The molecule has 1 aromatic carbocycles. The predicted molar refractivity (Wildman–Crippen MR) is 61.8 cm³/mol. The summed E-state index contributed by atoms with van der Waals surface area (Å²) in [6.45, 7) is 3.71. The lowest BCUT2D eigenvalue weighted by Gasteiger charge is -1.98. The molecule has 1 N–H and O–H groups in total. The first-order valence-electron chi connectivity index (χ1n) is 5.20. The Hall–Kier alpha value is -1.84. The fourth-order valence-electron chi connectivity index (χ4n) is 1.56. The van der Waals surface area contributed by atoms with Crippen molar-refractivity contribution in [1.82, 2.24) is 9.97 Å². The number of imidazole rings is 1. The lowest BCUT2D eigenvalue weighted by molar-refractivity contribution is 0.0930. The van der Waals surface area contributed by atoms with Crippen molar-refractivity contribution in [3.05, 3.63) is 24.0 Å². The van der Waals surface area contributed by atoms with E-state index in [4.69, 9.17) is 4.74 Å². The SMILES string of the molecule is COc1cccc2[nH]c(C(=O)C(C)C)nc12. The van der Waals surface area contributed by atoms with Crippen LogP contribution in [-0.2, 0) is 0 Å². The number of benzene rings is 1. The van der Waals surface area contributed by atoms with Gasteiger partial charge in [-0.2, -0.15) is 0 Å². The van der Waals surface area contributed by atoms with E-state index in [-0.39, 0.29) is 11.7 Å². The number of carbonyl (C=O) groups is 1. The van der Waals surface area contributed by atoms with Gasteiger partial charge in [-0.25, -0.2) is 4.98 Å². The summed E-state index contributed by atoms with van der Waals surface area (Å²) < 4.78 is 5.19. The molecule has 0 radical (unpaired) electrons. The largest absolute Gasteiger partial charge is 0.494 e. The van der Waals surface area contributed by atoms with Gasteiger partial charge in [0.25, 0.3) is 0 Å². The maximum atomic E-state index is 11.8. The van der Waals surface area contributed by atoms with E-state index in [1.54, 1.807) is 7.11 Å². The molecule has 0 unspecified atom stereocenters. The van der Waals surface area contributed by atoms with E-state index < -0.39 is 0 Å². The zero-order chi connectivity index (χ0) is 11.7. The quantitative estimate of drug-likeness (QED) is 0.805. The number of aromatic nitrogens is 2. The molecule has 0 aliphatic rings. The van der Waals surface area contributed by atoms with Crippen molar-refractivity contribution in [2.24, 2.45) is 5.92 Å². The van der Waals surface area contributed by atoms with Crippen molar-refractivity contribution in [2.45, 2.75) is 13.8 Å². The van der Waals surface area contributed by atoms with Crippen LogP contribution in [0.3, 0.4) is 0 Å². The van der Waals surface area contributed by atoms with Gasteiger partial charge in [-0.05, 0) is 12.1 Å². The van der Waals surface area contributed by atoms with Crippen molar-refractivity contribution >= 4 is 16.8 Å². The number of carbonyl (C=O) groups excluding carboxylic acids is 1. The lowest BCUT2D eigenvalue weighted by Crippen LogP contribution is -2.09. The molecule has 0 bridgehead atoms. The first kappa shape index (κ1) is 10.7. The molecule has 0 atom stereocenters. The van der Waals surface area contributed by atoms with Crippen LogP contribution >= 0.6 is 0 Å². The highest BCUT2D eigenvalue weighted by atomic mass is 16.5. The molecule has 84 valence electrons. The van der Waals surface area contributed by atoms with Crippen molar-refractivity contribution in [3.8, 4) is 5.75 Å². The van der Waals surface area contributed by atoms with Crippen LogP contribution in [0.1, 0.15) is 24.5 Å². The highest BCUT2D eigenvalue weighted by Gasteiger charge is 2.16. The summed E-state index contributed by atoms with van der Waals surface area (Å²) in [7, 11) is 1.59. The molecule has 0 spiro atoms. The number of fused-ring (bicyclic) bond motifs is 1. The van der Waals surface area contributed by atoms with E-state index in [0.717, 1.165) is 5.52 Å². The van der Waals surface area contributed by atoms with Gasteiger partial charge >= 0.3 is 0 Å². The van der Waals surface area contributed by atoms with Crippen LogP contribution in [-0.4, -0.2) is 22.9 Å². The van der Waals surface area contributed by atoms with Crippen LogP contribution in [0, 0.1) is 5.92 Å². The molecule has 4 nitrogen and oxygen atoms in total. The van der Waals surface area contributed by atoms with Crippen LogP contribution in [0.15, 0.2) is 18.2 Å². The molecule has 0 fully saturated rings. The number of H-pyrrole nitrogens is 1. The molecule has 1 heterocycles. The summed E-state index contributed by atoms with van der Waals surface area (Å²) in [5, 5.41) is 0. The first-order valence-corrected chi connectivity index (χ1v) is 5.20. The highest BCUT2D eigenvalue weighted by molar-refractivity contribution is 5.97. The summed E-state index contributed by atoms with van der Waals surface area (Å²) in [5.41, 5.74) is 1.53. The Kier molecular flexibility index (Phi) is 2.64. The molecular weight excluding hydrogens is 204 g/mol. The number of para-hydroxylation sites is 1. The van der Waals surface area contributed by atoms with Crippen molar-refractivity contribution in [3.63, 3.8) is 0 Å². The topological polar surface area (TPSA) is 55.0 Å². The second-order valence-corrected chi connectivity index (χ2v) is 3.96. The van der Waals surface area contributed by atoms with Crippen LogP contribution in [0.5, 0.6) is 5.75 Å². The van der Waals surface area contributed by atoms with E-state index in [1.807, 2.05) is 32.0 Å². The Bertz CT molecular complexity index is 529.